The van der Waals surface area contributed by atoms with Gasteiger partial charge in [0.15, 0.2) is 0 Å². The van der Waals surface area contributed by atoms with Gasteiger partial charge in [-0.05, 0) is 54.9 Å². The van der Waals surface area contributed by atoms with Crippen molar-refractivity contribution in [1.82, 2.24) is 0 Å². The first-order valence-corrected chi connectivity index (χ1v) is 8.80. The highest BCUT2D eigenvalue weighted by molar-refractivity contribution is 7.80. The molecule has 4 saturated carbocycles. The highest BCUT2D eigenvalue weighted by Crippen LogP contribution is 2.76. The molecule has 3 heteroatoms. The summed E-state index contributed by atoms with van der Waals surface area (Å²) >= 11 is 12.6. The first-order valence-electron chi connectivity index (χ1n) is 8.01. The van der Waals surface area contributed by atoms with Crippen molar-refractivity contribution in [3.8, 4) is 0 Å². The van der Waals surface area contributed by atoms with Crippen LogP contribution in [-0.2, 0) is 5.41 Å². The number of hydrogen-bond acceptors (Lipinski definition) is 1. The van der Waals surface area contributed by atoms with Crippen molar-refractivity contribution in [1.29, 1.82) is 0 Å². The van der Waals surface area contributed by atoms with Crippen molar-refractivity contribution in [2.45, 2.75) is 49.3 Å². The normalized spacial score (nSPS) is 47.0. The molecule has 4 bridgehead atoms. The average Bonchev–Trinajstić information content (AvgIpc) is 2.85. The summed E-state index contributed by atoms with van der Waals surface area (Å²) in [5, 5.41) is 0. The van der Waals surface area contributed by atoms with Crippen molar-refractivity contribution < 1.29 is 0 Å². The van der Waals surface area contributed by atoms with Crippen molar-refractivity contribution in [2.24, 2.45) is 23.0 Å². The number of halogens is 1. The predicted octanol–water partition coefficient (Wildman–Crippen LogP) is 4.42. The van der Waals surface area contributed by atoms with E-state index in [1.807, 2.05) is 0 Å². The Hall–Kier alpha value is -0.600. The zero-order valence-electron chi connectivity index (χ0n) is 12.4. The number of hydrogen-bond donors (Lipinski definition) is 1. The van der Waals surface area contributed by atoms with Crippen LogP contribution in [0.5, 0.6) is 0 Å². The molecule has 4 aliphatic carbocycles. The molecule has 5 atom stereocenters. The monoisotopic (exact) mass is 319 g/mol. The Balaban J connectivity index is 1.84. The molecule has 4 aliphatic rings. The number of alkyl halides is 1. The molecule has 5 unspecified atom stereocenters. The lowest BCUT2D eigenvalue weighted by atomic mass is 9.61. The molecular formula is C18H22ClNS. The van der Waals surface area contributed by atoms with Gasteiger partial charge in [-0.25, -0.2) is 0 Å². The van der Waals surface area contributed by atoms with Crippen LogP contribution in [0, 0.1) is 17.3 Å². The fraction of sp³-hybridized carbons (Fsp3) is 0.611. The van der Waals surface area contributed by atoms with Crippen LogP contribution < -0.4 is 5.73 Å². The molecule has 112 valence electrons. The number of benzene rings is 1. The minimum atomic E-state index is -0.0851. The Morgan fingerprint density at radius 2 is 2.00 bits per heavy atom. The summed E-state index contributed by atoms with van der Waals surface area (Å²) in [7, 11) is 0. The van der Waals surface area contributed by atoms with Crippen LogP contribution in [-0.4, -0.2) is 9.86 Å². The Labute approximate surface area is 137 Å². The molecule has 21 heavy (non-hydrogen) atoms. The van der Waals surface area contributed by atoms with E-state index in [0.717, 1.165) is 25.7 Å². The number of thiocarbonyl (C=S) groups is 1. The van der Waals surface area contributed by atoms with E-state index >= 15 is 0 Å². The van der Waals surface area contributed by atoms with E-state index in [1.165, 1.54) is 12.0 Å². The van der Waals surface area contributed by atoms with Gasteiger partial charge in [-0.2, -0.15) is 0 Å². The highest BCUT2D eigenvalue weighted by atomic mass is 35.5. The number of nitrogens with two attached hydrogens (primary N) is 1. The smallest absolute Gasteiger partial charge is 0.0793 e. The predicted molar refractivity (Wildman–Crippen MR) is 91.7 cm³/mol. The van der Waals surface area contributed by atoms with Crippen LogP contribution in [0.3, 0.4) is 0 Å². The summed E-state index contributed by atoms with van der Waals surface area (Å²) in [6.45, 7) is 2.23. The molecular weight excluding hydrogens is 298 g/mol. The third kappa shape index (κ3) is 1.56. The van der Waals surface area contributed by atoms with E-state index < -0.39 is 0 Å². The van der Waals surface area contributed by atoms with Crippen LogP contribution in [0.2, 0.25) is 0 Å². The summed E-state index contributed by atoms with van der Waals surface area (Å²) in [6, 6.07) is 11.0. The molecule has 1 aromatic rings. The van der Waals surface area contributed by atoms with Gasteiger partial charge in [0.25, 0.3) is 0 Å². The molecule has 4 fully saturated rings. The van der Waals surface area contributed by atoms with Gasteiger partial charge < -0.3 is 5.73 Å². The molecule has 0 saturated heterocycles. The lowest BCUT2D eigenvalue weighted by molar-refractivity contribution is 0.178. The minimum absolute atomic E-state index is 0.00580. The maximum Gasteiger partial charge on any atom is 0.0793 e. The molecule has 2 N–H and O–H groups in total. The zero-order chi connectivity index (χ0) is 14.9. The van der Waals surface area contributed by atoms with Crippen molar-refractivity contribution in [2.75, 3.05) is 0 Å². The maximum absolute atomic E-state index is 7.11. The second kappa shape index (κ2) is 4.23. The van der Waals surface area contributed by atoms with Gasteiger partial charge in [0.1, 0.15) is 0 Å². The van der Waals surface area contributed by atoms with Crippen molar-refractivity contribution in [3.05, 3.63) is 35.9 Å². The van der Waals surface area contributed by atoms with Crippen LogP contribution in [0.25, 0.3) is 0 Å². The molecule has 1 aromatic carbocycles. The Bertz CT molecular complexity index is 602. The van der Waals surface area contributed by atoms with E-state index in [-0.39, 0.29) is 15.7 Å². The van der Waals surface area contributed by atoms with Crippen molar-refractivity contribution >= 4 is 28.8 Å². The average molecular weight is 320 g/mol. The van der Waals surface area contributed by atoms with E-state index in [2.05, 4.69) is 37.3 Å². The Kier molecular flexibility index (Phi) is 2.83. The summed E-state index contributed by atoms with van der Waals surface area (Å²) in [5.74, 6) is 1.01. The van der Waals surface area contributed by atoms with Gasteiger partial charge in [0.05, 0.1) is 9.86 Å². The standard InChI is InChI=1S/C18H22ClNS/c1-2-18(19)13-8-16(12-6-4-3-5-7-12)10-14(18)17(9-13,11-16)15(20)21/h3-7,13-14H,2,8-11H2,1H3,(H2,20,21). The molecule has 0 heterocycles. The van der Waals surface area contributed by atoms with Crippen LogP contribution in [0.4, 0.5) is 0 Å². The molecule has 0 radical (unpaired) electrons. The number of rotatable bonds is 3. The summed E-state index contributed by atoms with van der Waals surface area (Å²) in [5.41, 5.74) is 7.97. The summed E-state index contributed by atoms with van der Waals surface area (Å²) in [6.07, 6.45) is 5.60. The lowest BCUT2D eigenvalue weighted by Gasteiger charge is -2.46. The third-order valence-electron chi connectivity index (χ3n) is 6.84. The first kappa shape index (κ1) is 14.0. The quantitative estimate of drug-likeness (QED) is 0.659. The van der Waals surface area contributed by atoms with E-state index in [9.17, 15) is 0 Å². The molecule has 0 amide bonds. The molecule has 1 nitrogen and oxygen atoms in total. The van der Waals surface area contributed by atoms with Gasteiger partial charge in [-0.1, -0.05) is 49.5 Å². The third-order valence-corrected chi connectivity index (χ3v) is 8.09. The summed E-state index contributed by atoms with van der Waals surface area (Å²) < 4.78 is 0. The highest BCUT2D eigenvalue weighted by Gasteiger charge is 2.73. The maximum atomic E-state index is 7.11. The van der Waals surface area contributed by atoms with E-state index in [0.29, 0.717) is 16.8 Å². The summed E-state index contributed by atoms with van der Waals surface area (Å²) in [4.78, 5) is 0.629. The van der Waals surface area contributed by atoms with Gasteiger partial charge in [-0.15, -0.1) is 11.6 Å². The topological polar surface area (TPSA) is 26.0 Å². The molecule has 0 aliphatic heterocycles. The van der Waals surface area contributed by atoms with Crippen molar-refractivity contribution in [3.63, 3.8) is 0 Å². The lowest BCUT2D eigenvalue weighted by Crippen LogP contribution is -2.43. The SMILES string of the molecule is CCC1(Cl)C2CC3(c4ccccc4)CC1C(C(N)=S)(C2)C3. The first-order chi connectivity index (χ1) is 9.97. The van der Waals surface area contributed by atoms with Gasteiger partial charge in [-0.3, -0.25) is 0 Å². The minimum Gasteiger partial charge on any atom is -0.393 e. The Morgan fingerprint density at radius 3 is 2.62 bits per heavy atom. The van der Waals surface area contributed by atoms with Gasteiger partial charge in [0, 0.05) is 5.41 Å². The zero-order valence-corrected chi connectivity index (χ0v) is 14.0. The molecule has 0 spiro atoms. The van der Waals surface area contributed by atoms with Crippen LogP contribution in [0.1, 0.15) is 44.6 Å². The van der Waals surface area contributed by atoms with E-state index in [1.54, 1.807) is 0 Å². The largest absolute Gasteiger partial charge is 0.393 e. The molecule has 0 aromatic heterocycles. The van der Waals surface area contributed by atoms with Crippen LogP contribution >= 0.6 is 23.8 Å². The fourth-order valence-electron chi connectivity index (χ4n) is 6.02. The Morgan fingerprint density at radius 1 is 1.29 bits per heavy atom. The van der Waals surface area contributed by atoms with E-state index in [4.69, 9.17) is 29.6 Å². The van der Waals surface area contributed by atoms with Gasteiger partial charge in [0.2, 0.25) is 0 Å². The fourth-order valence-corrected chi connectivity index (χ4v) is 6.75. The second-order valence-corrected chi connectivity index (χ2v) is 8.63. The second-order valence-electron chi connectivity index (χ2n) is 7.49. The van der Waals surface area contributed by atoms with Gasteiger partial charge >= 0.3 is 0 Å². The molecule has 5 rings (SSSR count). The van der Waals surface area contributed by atoms with Crippen LogP contribution in [0.15, 0.2) is 30.3 Å².